The summed E-state index contributed by atoms with van der Waals surface area (Å²) in [6, 6.07) is 0.369. The smallest absolute Gasteiger partial charge is 0.225 e. The normalized spacial score (nSPS) is 30.1. The maximum absolute atomic E-state index is 11.6. The molecule has 0 aromatic heterocycles. The molecule has 1 N–H and O–H groups in total. The van der Waals surface area contributed by atoms with Crippen LogP contribution in [0.4, 0.5) is 0 Å². The van der Waals surface area contributed by atoms with Crippen molar-refractivity contribution in [1.29, 1.82) is 0 Å². The second kappa shape index (κ2) is 3.66. The molecule has 2 rings (SSSR count). The van der Waals surface area contributed by atoms with Crippen LogP contribution in [0.2, 0.25) is 0 Å². The first-order chi connectivity index (χ1) is 6.27. The Morgan fingerprint density at radius 1 is 1.46 bits per heavy atom. The number of carbonyl (C=O) groups excluding carboxylic acids is 1. The first kappa shape index (κ1) is 9.00. The average molecular weight is 183 g/mol. The maximum atomic E-state index is 11.6. The number of carbonyl (C=O) groups is 1. The largest absolute Gasteiger partial charge is 0.381 e. The maximum Gasteiger partial charge on any atom is 0.225 e. The summed E-state index contributed by atoms with van der Waals surface area (Å²) in [5, 5.41) is 3.06. The summed E-state index contributed by atoms with van der Waals surface area (Å²) in [6.45, 7) is 3.46. The molecule has 0 spiro atoms. The fraction of sp³-hybridized carbons (Fsp3) is 0.900. The molecule has 1 heterocycles. The highest BCUT2D eigenvalue weighted by Gasteiger charge is 2.31. The molecule has 1 aliphatic carbocycles. The molecule has 2 fully saturated rings. The highest BCUT2D eigenvalue weighted by molar-refractivity contribution is 5.79. The van der Waals surface area contributed by atoms with Crippen LogP contribution in [-0.2, 0) is 9.53 Å². The molecule has 0 radical (unpaired) electrons. The van der Waals surface area contributed by atoms with Gasteiger partial charge in [0, 0.05) is 12.6 Å². The van der Waals surface area contributed by atoms with Gasteiger partial charge in [0.05, 0.1) is 12.5 Å². The molecule has 2 atom stereocenters. The number of hydrogen-bond donors (Lipinski definition) is 1. The monoisotopic (exact) mass is 183 g/mol. The SMILES string of the molecule is CC(NC(=O)C1CCOC1)C1CC1. The minimum absolute atomic E-state index is 0.112. The van der Waals surface area contributed by atoms with E-state index in [0.29, 0.717) is 12.6 Å². The van der Waals surface area contributed by atoms with Gasteiger partial charge in [0.1, 0.15) is 0 Å². The van der Waals surface area contributed by atoms with Crippen molar-refractivity contribution in [2.45, 2.75) is 32.2 Å². The van der Waals surface area contributed by atoms with E-state index in [-0.39, 0.29) is 11.8 Å². The van der Waals surface area contributed by atoms with Gasteiger partial charge in [-0.25, -0.2) is 0 Å². The van der Waals surface area contributed by atoms with Crippen LogP contribution < -0.4 is 5.32 Å². The predicted molar refractivity (Wildman–Crippen MR) is 49.3 cm³/mol. The van der Waals surface area contributed by atoms with Crippen LogP contribution in [0, 0.1) is 11.8 Å². The molecule has 13 heavy (non-hydrogen) atoms. The number of ether oxygens (including phenoxy) is 1. The number of hydrogen-bond acceptors (Lipinski definition) is 2. The third-order valence-electron chi connectivity index (χ3n) is 3.00. The van der Waals surface area contributed by atoms with E-state index in [0.717, 1.165) is 18.9 Å². The molecule has 0 aromatic carbocycles. The summed E-state index contributed by atoms with van der Waals surface area (Å²) in [5.41, 5.74) is 0. The Balaban J connectivity index is 1.76. The zero-order valence-electron chi connectivity index (χ0n) is 8.08. The Morgan fingerprint density at radius 2 is 2.23 bits per heavy atom. The first-order valence-corrected chi connectivity index (χ1v) is 5.15. The second-order valence-electron chi connectivity index (χ2n) is 4.20. The Labute approximate surface area is 78.8 Å². The lowest BCUT2D eigenvalue weighted by Crippen LogP contribution is -2.38. The molecule has 3 nitrogen and oxygen atoms in total. The summed E-state index contributed by atoms with van der Waals surface area (Å²) in [4.78, 5) is 11.6. The Hall–Kier alpha value is -0.570. The average Bonchev–Trinajstić information content (AvgIpc) is 2.81. The van der Waals surface area contributed by atoms with Crippen molar-refractivity contribution in [2.24, 2.45) is 11.8 Å². The van der Waals surface area contributed by atoms with Crippen molar-refractivity contribution in [1.82, 2.24) is 5.32 Å². The summed E-state index contributed by atoms with van der Waals surface area (Å²) in [7, 11) is 0. The lowest BCUT2D eigenvalue weighted by molar-refractivity contribution is -0.125. The highest BCUT2D eigenvalue weighted by atomic mass is 16.5. The summed E-state index contributed by atoms with van der Waals surface area (Å²) in [6.07, 6.45) is 3.45. The molecule has 0 bridgehead atoms. The molecule has 2 aliphatic rings. The molecule has 2 unspecified atom stereocenters. The summed E-state index contributed by atoms with van der Waals surface area (Å²) < 4.78 is 5.18. The zero-order chi connectivity index (χ0) is 9.26. The van der Waals surface area contributed by atoms with Gasteiger partial charge in [-0.05, 0) is 32.1 Å². The van der Waals surface area contributed by atoms with E-state index in [1.807, 2.05) is 0 Å². The van der Waals surface area contributed by atoms with E-state index in [2.05, 4.69) is 12.2 Å². The van der Waals surface area contributed by atoms with E-state index in [1.165, 1.54) is 12.8 Å². The molecule has 1 saturated heterocycles. The van der Waals surface area contributed by atoms with Gasteiger partial charge in [0.2, 0.25) is 5.91 Å². The fourth-order valence-electron chi connectivity index (χ4n) is 1.80. The van der Waals surface area contributed by atoms with Crippen LogP contribution in [0.5, 0.6) is 0 Å². The lowest BCUT2D eigenvalue weighted by atomic mass is 10.1. The quantitative estimate of drug-likeness (QED) is 0.707. The van der Waals surface area contributed by atoms with Crippen LogP contribution in [0.3, 0.4) is 0 Å². The van der Waals surface area contributed by atoms with E-state index in [1.54, 1.807) is 0 Å². The lowest BCUT2D eigenvalue weighted by Gasteiger charge is -2.15. The van der Waals surface area contributed by atoms with E-state index < -0.39 is 0 Å². The van der Waals surface area contributed by atoms with Crippen molar-refractivity contribution in [2.75, 3.05) is 13.2 Å². The van der Waals surface area contributed by atoms with Gasteiger partial charge in [-0.1, -0.05) is 0 Å². The van der Waals surface area contributed by atoms with Gasteiger partial charge in [0.25, 0.3) is 0 Å². The minimum Gasteiger partial charge on any atom is -0.381 e. The van der Waals surface area contributed by atoms with Crippen LogP contribution in [0.1, 0.15) is 26.2 Å². The van der Waals surface area contributed by atoms with Crippen molar-refractivity contribution in [3.63, 3.8) is 0 Å². The Morgan fingerprint density at radius 3 is 2.77 bits per heavy atom. The minimum atomic E-state index is 0.112. The third-order valence-corrected chi connectivity index (χ3v) is 3.00. The number of nitrogens with one attached hydrogen (secondary N) is 1. The topological polar surface area (TPSA) is 38.3 Å². The van der Waals surface area contributed by atoms with E-state index in [9.17, 15) is 4.79 Å². The molecular weight excluding hydrogens is 166 g/mol. The van der Waals surface area contributed by atoms with E-state index in [4.69, 9.17) is 4.74 Å². The summed E-state index contributed by atoms with van der Waals surface area (Å²) >= 11 is 0. The van der Waals surface area contributed by atoms with Gasteiger partial charge in [-0.2, -0.15) is 0 Å². The first-order valence-electron chi connectivity index (χ1n) is 5.15. The van der Waals surface area contributed by atoms with Crippen molar-refractivity contribution >= 4 is 5.91 Å². The van der Waals surface area contributed by atoms with Gasteiger partial charge >= 0.3 is 0 Å². The van der Waals surface area contributed by atoms with E-state index >= 15 is 0 Å². The fourth-order valence-corrected chi connectivity index (χ4v) is 1.80. The number of amides is 1. The Kier molecular flexibility index (Phi) is 2.54. The molecular formula is C10H17NO2. The van der Waals surface area contributed by atoms with Gasteiger partial charge in [0.15, 0.2) is 0 Å². The van der Waals surface area contributed by atoms with Crippen molar-refractivity contribution in [3.8, 4) is 0 Å². The standard InChI is InChI=1S/C10H17NO2/c1-7(8-2-3-8)11-10(12)9-4-5-13-6-9/h7-9H,2-6H2,1H3,(H,11,12). The molecule has 1 aliphatic heterocycles. The van der Waals surface area contributed by atoms with Crippen LogP contribution >= 0.6 is 0 Å². The van der Waals surface area contributed by atoms with Gasteiger partial charge in [-0.3, -0.25) is 4.79 Å². The van der Waals surface area contributed by atoms with Gasteiger partial charge < -0.3 is 10.1 Å². The molecule has 74 valence electrons. The Bertz CT molecular complexity index is 195. The van der Waals surface area contributed by atoms with Crippen molar-refractivity contribution < 1.29 is 9.53 Å². The molecule has 1 amide bonds. The predicted octanol–water partition coefficient (Wildman–Crippen LogP) is 0.938. The second-order valence-corrected chi connectivity index (χ2v) is 4.20. The van der Waals surface area contributed by atoms with Crippen LogP contribution in [0.15, 0.2) is 0 Å². The third kappa shape index (κ3) is 2.21. The van der Waals surface area contributed by atoms with Crippen molar-refractivity contribution in [3.05, 3.63) is 0 Å². The molecule has 1 saturated carbocycles. The zero-order valence-corrected chi connectivity index (χ0v) is 8.08. The number of rotatable bonds is 3. The highest BCUT2D eigenvalue weighted by Crippen LogP contribution is 2.32. The van der Waals surface area contributed by atoms with Crippen LogP contribution in [-0.4, -0.2) is 25.2 Å². The summed E-state index contributed by atoms with van der Waals surface area (Å²) in [5.74, 6) is 1.05. The molecule has 0 aromatic rings. The van der Waals surface area contributed by atoms with Gasteiger partial charge in [-0.15, -0.1) is 0 Å². The van der Waals surface area contributed by atoms with Crippen LogP contribution in [0.25, 0.3) is 0 Å². The molecule has 3 heteroatoms.